The van der Waals surface area contributed by atoms with Crippen molar-refractivity contribution in [1.29, 1.82) is 0 Å². The number of nitrogens with zero attached hydrogens (tertiary/aromatic N) is 5. The highest BCUT2D eigenvalue weighted by atomic mass is 32.1. The molecular formula is C24H30N6O2S. The largest absolute Gasteiger partial charge is 0.343 e. The molecule has 174 valence electrons. The number of likely N-dealkylation sites (tertiary alicyclic amines) is 1. The van der Waals surface area contributed by atoms with E-state index in [0.29, 0.717) is 5.13 Å². The van der Waals surface area contributed by atoms with Crippen molar-refractivity contribution in [3.63, 3.8) is 0 Å². The second-order valence-electron chi connectivity index (χ2n) is 8.47. The second kappa shape index (κ2) is 9.82. The van der Waals surface area contributed by atoms with Crippen molar-refractivity contribution in [3.8, 4) is 21.8 Å². The number of hydrogen-bond donors (Lipinski definition) is 1. The fourth-order valence-corrected chi connectivity index (χ4v) is 5.56. The van der Waals surface area contributed by atoms with E-state index >= 15 is 0 Å². The van der Waals surface area contributed by atoms with E-state index in [1.807, 2.05) is 23.2 Å². The van der Waals surface area contributed by atoms with Gasteiger partial charge in [-0.25, -0.2) is 4.98 Å². The SMILES string of the molecule is CCCc1nc(NC(C)=O)sc1-c1c(C)c(-c2cccnc2)nn1C1CCN(C(C)=O)CC1. The van der Waals surface area contributed by atoms with E-state index in [2.05, 4.69) is 28.8 Å². The minimum Gasteiger partial charge on any atom is -0.343 e. The second-order valence-corrected chi connectivity index (χ2v) is 9.47. The number of pyridine rings is 1. The van der Waals surface area contributed by atoms with Crippen LogP contribution in [0, 0.1) is 6.92 Å². The Morgan fingerprint density at radius 3 is 2.61 bits per heavy atom. The van der Waals surface area contributed by atoms with Crippen LogP contribution in [0.2, 0.25) is 0 Å². The molecule has 1 saturated heterocycles. The summed E-state index contributed by atoms with van der Waals surface area (Å²) in [7, 11) is 0. The molecule has 3 aromatic heterocycles. The molecule has 0 unspecified atom stereocenters. The molecule has 3 aromatic rings. The molecule has 0 aromatic carbocycles. The van der Waals surface area contributed by atoms with Gasteiger partial charge in [0, 0.05) is 50.5 Å². The fraction of sp³-hybridized carbons (Fsp3) is 0.458. The number of aryl methyl sites for hydroxylation is 1. The third kappa shape index (κ3) is 4.83. The Bertz CT molecular complexity index is 1150. The standard InChI is InChI=1S/C24H30N6O2S/c1-5-7-20-23(33-24(27-20)26-16(3)31)22-15(2)21(18-8-6-11-25-14-18)28-30(22)19-9-12-29(13-10-19)17(4)32/h6,8,11,14,19H,5,7,9-10,12-13H2,1-4H3,(H,26,27,31). The summed E-state index contributed by atoms with van der Waals surface area (Å²) < 4.78 is 2.14. The van der Waals surface area contributed by atoms with Gasteiger partial charge in [-0.15, -0.1) is 0 Å². The lowest BCUT2D eigenvalue weighted by Gasteiger charge is -2.32. The molecule has 33 heavy (non-hydrogen) atoms. The molecule has 1 aliphatic rings. The minimum atomic E-state index is -0.128. The molecule has 0 radical (unpaired) electrons. The van der Waals surface area contributed by atoms with Gasteiger partial charge in [0.2, 0.25) is 11.8 Å². The van der Waals surface area contributed by atoms with Gasteiger partial charge in [-0.1, -0.05) is 24.7 Å². The molecule has 8 nitrogen and oxygen atoms in total. The molecule has 0 atom stereocenters. The minimum absolute atomic E-state index is 0.119. The Morgan fingerprint density at radius 2 is 2.00 bits per heavy atom. The lowest BCUT2D eigenvalue weighted by Crippen LogP contribution is -2.38. The molecule has 0 bridgehead atoms. The number of amides is 2. The highest BCUT2D eigenvalue weighted by Crippen LogP contribution is 2.41. The maximum atomic E-state index is 11.8. The van der Waals surface area contributed by atoms with Crippen LogP contribution in [0.1, 0.15) is 57.3 Å². The van der Waals surface area contributed by atoms with Crippen LogP contribution in [0.4, 0.5) is 5.13 Å². The number of nitrogens with one attached hydrogen (secondary N) is 1. The van der Waals surface area contributed by atoms with E-state index in [0.717, 1.165) is 71.9 Å². The van der Waals surface area contributed by atoms with Crippen molar-refractivity contribution in [2.45, 2.75) is 59.4 Å². The van der Waals surface area contributed by atoms with Crippen LogP contribution in [0.15, 0.2) is 24.5 Å². The van der Waals surface area contributed by atoms with E-state index < -0.39 is 0 Å². The summed E-state index contributed by atoms with van der Waals surface area (Å²) in [6.07, 6.45) is 7.07. The van der Waals surface area contributed by atoms with E-state index in [1.165, 1.54) is 18.3 Å². The molecule has 4 heterocycles. The summed E-state index contributed by atoms with van der Waals surface area (Å²) in [5.41, 5.74) is 4.98. The van der Waals surface area contributed by atoms with E-state index in [4.69, 9.17) is 10.1 Å². The number of anilines is 1. The third-order valence-corrected chi connectivity index (χ3v) is 7.04. The Balaban J connectivity index is 1.83. The molecule has 0 saturated carbocycles. The number of thiazole rings is 1. The van der Waals surface area contributed by atoms with Crippen molar-refractivity contribution in [2.24, 2.45) is 0 Å². The summed E-state index contributed by atoms with van der Waals surface area (Å²) in [6.45, 7) is 8.80. The first-order chi connectivity index (χ1) is 15.9. The first-order valence-corrected chi connectivity index (χ1v) is 12.2. The van der Waals surface area contributed by atoms with Gasteiger partial charge in [0.05, 0.1) is 28.0 Å². The highest BCUT2D eigenvalue weighted by Gasteiger charge is 2.29. The summed E-state index contributed by atoms with van der Waals surface area (Å²) in [5.74, 6) is -0.00904. The van der Waals surface area contributed by atoms with Crippen LogP contribution in [-0.4, -0.2) is 49.6 Å². The van der Waals surface area contributed by atoms with E-state index in [1.54, 1.807) is 13.1 Å². The average molecular weight is 467 g/mol. The van der Waals surface area contributed by atoms with Crippen molar-refractivity contribution in [1.82, 2.24) is 24.6 Å². The lowest BCUT2D eigenvalue weighted by molar-refractivity contribution is -0.130. The van der Waals surface area contributed by atoms with Crippen LogP contribution in [-0.2, 0) is 16.0 Å². The van der Waals surface area contributed by atoms with Crippen LogP contribution in [0.3, 0.4) is 0 Å². The van der Waals surface area contributed by atoms with Crippen LogP contribution in [0.25, 0.3) is 21.8 Å². The Labute approximate surface area is 198 Å². The Hall–Kier alpha value is -3.07. The Morgan fingerprint density at radius 1 is 1.24 bits per heavy atom. The molecule has 9 heteroatoms. The zero-order chi connectivity index (χ0) is 23.5. The summed E-state index contributed by atoms with van der Waals surface area (Å²) in [4.78, 5) is 35.5. The molecule has 1 aliphatic heterocycles. The average Bonchev–Trinajstić information content (AvgIpc) is 3.34. The highest BCUT2D eigenvalue weighted by molar-refractivity contribution is 7.19. The van der Waals surface area contributed by atoms with Gasteiger partial charge >= 0.3 is 0 Å². The predicted octanol–water partition coefficient (Wildman–Crippen LogP) is 4.47. The molecule has 2 amide bonds. The Kier molecular flexibility index (Phi) is 6.88. The topological polar surface area (TPSA) is 93.0 Å². The normalized spacial score (nSPS) is 14.5. The number of rotatable bonds is 6. The van der Waals surface area contributed by atoms with Gasteiger partial charge in [-0.3, -0.25) is 19.3 Å². The number of carbonyl (C=O) groups excluding carboxylic acids is 2. The number of aromatic nitrogens is 4. The van der Waals surface area contributed by atoms with E-state index in [-0.39, 0.29) is 17.9 Å². The zero-order valence-corrected chi connectivity index (χ0v) is 20.4. The van der Waals surface area contributed by atoms with Crippen molar-refractivity contribution in [3.05, 3.63) is 35.8 Å². The monoisotopic (exact) mass is 466 g/mol. The molecule has 1 fully saturated rings. The van der Waals surface area contributed by atoms with Crippen LogP contribution < -0.4 is 5.32 Å². The smallest absolute Gasteiger partial charge is 0.223 e. The van der Waals surface area contributed by atoms with E-state index in [9.17, 15) is 9.59 Å². The molecule has 0 aliphatic carbocycles. The first kappa shape index (κ1) is 23.1. The quantitative estimate of drug-likeness (QED) is 0.578. The van der Waals surface area contributed by atoms with Gasteiger partial charge in [0.15, 0.2) is 5.13 Å². The van der Waals surface area contributed by atoms with Gasteiger partial charge in [0.25, 0.3) is 0 Å². The van der Waals surface area contributed by atoms with Crippen LogP contribution in [0.5, 0.6) is 0 Å². The number of piperidine rings is 1. The predicted molar refractivity (Wildman–Crippen MR) is 130 cm³/mol. The van der Waals surface area contributed by atoms with Gasteiger partial charge in [-0.2, -0.15) is 5.10 Å². The lowest BCUT2D eigenvalue weighted by atomic mass is 10.0. The molecular weight excluding hydrogens is 436 g/mol. The zero-order valence-electron chi connectivity index (χ0n) is 19.6. The summed E-state index contributed by atoms with van der Waals surface area (Å²) >= 11 is 1.50. The number of carbonyl (C=O) groups is 2. The maximum absolute atomic E-state index is 11.8. The third-order valence-electron chi connectivity index (χ3n) is 6.02. The fourth-order valence-electron chi connectivity index (χ4n) is 4.40. The van der Waals surface area contributed by atoms with Gasteiger partial charge < -0.3 is 10.2 Å². The summed E-state index contributed by atoms with van der Waals surface area (Å²) in [5, 5.41) is 8.55. The molecule has 0 spiro atoms. The molecule has 1 N–H and O–H groups in total. The number of hydrogen-bond acceptors (Lipinski definition) is 6. The summed E-state index contributed by atoms with van der Waals surface area (Å²) in [6, 6.07) is 4.13. The van der Waals surface area contributed by atoms with Crippen molar-refractivity contribution < 1.29 is 9.59 Å². The van der Waals surface area contributed by atoms with Gasteiger partial charge in [0.1, 0.15) is 0 Å². The van der Waals surface area contributed by atoms with Crippen LogP contribution >= 0.6 is 11.3 Å². The van der Waals surface area contributed by atoms with Gasteiger partial charge in [-0.05, 0) is 38.3 Å². The molecule has 4 rings (SSSR count). The first-order valence-electron chi connectivity index (χ1n) is 11.4. The maximum Gasteiger partial charge on any atom is 0.223 e. The van der Waals surface area contributed by atoms with Crippen molar-refractivity contribution >= 4 is 28.3 Å². The van der Waals surface area contributed by atoms with Crippen molar-refractivity contribution in [2.75, 3.05) is 18.4 Å².